The van der Waals surface area contributed by atoms with Crippen LogP contribution in [0, 0.1) is 0 Å². The van der Waals surface area contributed by atoms with Gasteiger partial charge in [-0.15, -0.1) is 0 Å². The van der Waals surface area contributed by atoms with Crippen LogP contribution in [0.5, 0.6) is 0 Å². The molecule has 16 heavy (non-hydrogen) atoms. The molecule has 0 radical (unpaired) electrons. The molecular formula is C12H14ClN3. The Balaban J connectivity index is 2.06. The van der Waals surface area contributed by atoms with Gasteiger partial charge >= 0.3 is 0 Å². The third-order valence-electron chi connectivity index (χ3n) is 3.31. The third kappa shape index (κ3) is 1.60. The van der Waals surface area contributed by atoms with E-state index < -0.39 is 0 Å². The number of aromatic nitrogens is 2. The van der Waals surface area contributed by atoms with Gasteiger partial charge in [0.1, 0.15) is 5.52 Å². The molecule has 84 valence electrons. The summed E-state index contributed by atoms with van der Waals surface area (Å²) in [6, 6.07) is 5.98. The van der Waals surface area contributed by atoms with E-state index in [1.807, 2.05) is 12.1 Å². The van der Waals surface area contributed by atoms with Crippen molar-refractivity contribution in [1.29, 1.82) is 0 Å². The summed E-state index contributed by atoms with van der Waals surface area (Å²) >= 11 is 6.11. The fraction of sp³-hybridized carbons (Fsp3) is 0.417. The van der Waals surface area contributed by atoms with Crippen molar-refractivity contribution in [3.05, 3.63) is 28.9 Å². The van der Waals surface area contributed by atoms with Gasteiger partial charge in [-0.25, -0.2) is 0 Å². The smallest absolute Gasteiger partial charge is 0.111 e. The van der Waals surface area contributed by atoms with Gasteiger partial charge in [-0.3, -0.25) is 5.10 Å². The Bertz CT molecular complexity index is 500. The van der Waals surface area contributed by atoms with Crippen LogP contribution in [0.4, 0.5) is 0 Å². The van der Waals surface area contributed by atoms with Gasteiger partial charge in [-0.2, -0.15) is 5.10 Å². The summed E-state index contributed by atoms with van der Waals surface area (Å²) < 4.78 is 0. The van der Waals surface area contributed by atoms with Crippen LogP contribution in [0.15, 0.2) is 18.2 Å². The van der Waals surface area contributed by atoms with Gasteiger partial charge in [-0.1, -0.05) is 23.7 Å². The second kappa shape index (κ2) is 4.07. The zero-order chi connectivity index (χ0) is 11.0. The zero-order valence-corrected chi connectivity index (χ0v) is 9.72. The monoisotopic (exact) mass is 235 g/mol. The van der Waals surface area contributed by atoms with Crippen LogP contribution < -0.4 is 5.32 Å². The van der Waals surface area contributed by atoms with Crippen molar-refractivity contribution in [2.24, 2.45) is 0 Å². The number of benzene rings is 1. The molecule has 0 unspecified atom stereocenters. The summed E-state index contributed by atoms with van der Waals surface area (Å²) in [5, 5.41) is 12.8. The third-order valence-corrected chi connectivity index (χ3v) is 3.62. The molecular weight excluding hydrogens is 222 g/mol. The number of rotatable bonds is 1. The lowest BCUT2D eigenvalue weighted by atomic mass is 9.93. The molecule has 3 nitrogen and oxygen atoms in total. The molecule has 1 aromatic heterocycles. The predicted octanol–water partition coefficient (Wildman–Crippen LogP) is 2.68. The van der Waals surface area contributed by atoms with Crippen molar-refractivity contribution < 1.29 is 0 Å². The number of fused-ring (bicyclic) bond motifs is 1. The van der Waals surface area contributed by atoms with Gasteiger partial charge in [-0.05, 0) is 32.0 Å². The number of nitrogens with zero attached hydrogens (tertiary/aromatic N) is 1. The number of piperidine rings is 1. The van der Waals surface area contributed by atoms with Crippen LogP contribution in [0.25, 0.3) is 10.9 Å². The molecule has 0 bridgehead atoms. The van der Waals surface area contributed by atoms with E-state index in [4.69, 9.17) is 11.6 Å². The Kier molecular flexibility index (Phi) is 2.58. The molecule has 1 fully saturated rings. The Morgan fingerprint density at radius 3 is 2.88 bits per heavy atom. The van der Waals surface area contributed by atoms with Gasteiger partial charge in [0.15, 0.2) is 0 Å². The molecule has 0 amide bonds. The van der Waals surface area contributed by atoms with E-state index in [1.165, 1.54) is 23.9 Å². The molecule has 0 saturated carbocycles. The van der Waals surface area contributed by atoms with E-state index >= 15 is 0 Å². The number of aromatic amines is 1. The van der Waals surface area contributed by atoms with Crippen LogP contribution in [-0.4, -0.2) is 23.3 Å². The summed E-state index contributed by atoms with van der Waals surface area (Å²) in [6.45, 7) is 2.18. The fourth-order valence-electron chi connectivity index (χ4n) is 2.44. The Hall–Kier alpha value is -1.06. The van der Waals surface area contributed by atoms with Gasteiger partial charge in [0.25, 0.3) is 0 Å². The van der Waals surface area contributed by atoms with Crippen LogP contribution in [0.1, 0.15) is 24.5 Å². The molecule has 0 spiro atoms. The standard InChI is InChI=1S/C12H14ClN3/c13-10-3-1-2-9-11(15-16-12(9)10)8-4-6-14-7-5-8/h1-3,8,14H,4-7H2,(H,15,16). The van der Waals surface area contributed by atoms with Gasteiger partial charge in [0, 0.05) is 17.0 Å². The molecule has 2 heterocycles. The van der Waals surface area contributed by atoms with E-state index in [0.29, 0.717) is 5.92 Å². The highest BCUT2D eigenvalue weighted by molar-refractivity contribution is 6.35. The van der Waals surface area contributed by atoms with Crippen LogP contribution in [0.2, 0.25) is 5.02 Å². The SMILES string of the molecule is Clc1cccc2c(C3CCNCC3)[nH]nc12. The first-order valence-electron chi connectivity index (χ1n) is 5.69. The minimum atomic E-state index is 0.588. The Labute approximate surface area is 99.2 Å². The number of halogens is 1. The van der Waals surface area contributed by atoms with E-state index in [-0.39, 0.29) is 0 Å². The first-order valence-corrected chi connectivity index (χ1v) is 6.07. The number of H-pyrrole nitrogens is 1. The topological polar surface area (TPSA) is 40.7 Å². The quantitative estimate of drug-likeness (QED) is 0.798. The molecule has 3 rings (SSSR count). The Morgan fingerprint density at radius 1 is 1.25 bits per heavy atom. The fourth-order valence-corrected chi connectivity index (χ4v) is 2.66. The average molecular weight is 236 g/mol. The van der Waals surface area contributed by atoms with Crippen molar-refractivity contribution in [2.75, 3.05) is 13.1 Å². The molecule has 0 aliphatic carbocycles. The molecule has 2 aromatic rings. The van der Waals surface area contributed by atoms with E-state index in [2.05, 4.69) is 21.6 Å². The van der Waals surface area contributed by atoms with Crippen molar-refractivity contribution >= 4 is 22.5 Å². The van der Waals surface area contributed by atoms with Crippen molar-refractivity contribution in [2.45, 2.75) is 18.8 Å². The summed E-state index contributed by atoms with van der Waals surface area (Å²) in [5.74, 6) is 0.588. The molecule has 1 aliphatic heterocycles. The average Bonchev–Trinajstić information content (AvgIpc) is 2.75. The van der Waals surface area contributed by atoms with Gasteiger partial charge in [0.2, 0.25) is 0 Å². The maximum absolute atomic E-state index is 6.11. The summed E-state index contributed by atoms with van der Waals surface area (Å²) in [5.41, 5.74) is 2.15. The van der Waals surface area contributed by atoms with Crippen LogP contribution in [0.3, 0.4) is 0 Å². The zero-order valence-electron chi connectivity index (χ0n) is 8.96. The predicted molar refractivity (Wildman–Crippen MR) is 65.9 cm³/mol. The van der Waals surface area contributed by atoms with E-state index in [9.17, 15) is 0 Å². The lowest BCUT2D eigenvalue weighted by molar-refractivity contribution is 0.454. The summed E-state index contributed by atoms with van der Waals surface area (Å²) in [6.07, 6.45) is 2.34. The number of hydrogen-bond acceptors (Lipinski definition) is 2. The molecule has 2 N–H and O–H groups in total. The number of para-hydroxylation sites is 1. The second-order valence-electron chi connectivity index (χ2n) is 4.30. The van der Waals surface area contributed by atoms with Crippen molar-refractivity contribution in [1.82, 2.24) is 15.5 Å². The normalized spacial score (nSPS) is 18.1. The maximum atomic E-state index is 6.11. The lowest BCUT2D eigenvalue weighted by Crippen LogP contribution is -2.26. The molecule has 1 aliphatic rings. The number of hydrogen-bond donors (Lipinski definition) is 2. The van der Waals surface area contributed by atoms with E-state index in [1.54, 1.807) is 0 Å². The van der Waals surface area contributed by atoms with Crippen LogP contribution >= 0.6 is 11.6 Å². The van der Waals surface area contributed by atoms with Crippen molar-refractivity contribution in [3.63, 3.8) is 0 Å². The minimum absolute atomic E-state index is 0.588. The van der Waals surface area contributed by atoms with E-state index in [0.717, 1.165) is 23.6 Å². The number of nitrogens with one attached hydrogen (secondary N) is 2. The van der Waals surface area contributed by atoms with Crippen molar-refractivity contribution in [3.8, 4) is 0 Å². The highest BCUT2D eigenvalue weighted by Crippen LogP contribution is 2.31. The summed E-state index contributed by atoms with van der Waals surface area (Å²) in [7, 11) is 0. The highest BCUT2D eigenvalue weighted by atomic mass is 35.5. The molecule has 4 heteroatoms. The Morgan fingerprint density at radius 2 is 2.06 bits per heavy atom. The molecule has 0 atom stereocenters. The van der Waals surface area contributed by atoms with Crippen LogP contribution in [-0.2, 0) is 0 Å². The maximum Gasteiger partial charge on any atom is 0.111 e. The summed E-state index contributed by atoms with van der Waals surface area (Å²) in [4.78, 5) is 0. The second-order valence-corrected chi connectivity index (χ2v) is 4.70. The molecule has 1 saturated heterocycles. The van der Waals surface area contributed by atoms with Gasteiger partial charge < -0.3 is 5.32 Å². The minimum Gasteiger partial charge on any atom is -0.317 e. The highest BCUT2D eigenvalue weighted by Gasteiger charge is 2.19. The lowest BCUT2D eigenvalue weighted by Gasteiger charge is -2.21. The first-order chi connectivity index (χ1) is 7.86. The molecule has 1 aromatic carbocycles. The van der Waals surface area contributed by atoms with Gasteiger partial charge in [0.05, 0.1) is 5.02 Å². The first kappa shape index (κ1) is 10.1. The largest absolute Gasteiger partial charge is 0.317 e.